The van der Waals surface area contributed by atoms with Gasteiger partial charge in [-0.2, -0.15) is 0 Å². The van der Waals surface area contributed by atoms with Crippen LogP contribution in [0.25, 0.3) is 0 Å². The molecule has 1 aromatic carbocycles. The number of halogens is 1. The fraction of sp³-hybridized carbons (Fsp3) is 0.467. The van der Waals surface area contributed by atoms with Crippen molar-refractivity contribution in [3.05, 3.63) is 35.4 Å². The summed E-state index contributed by atoms with van der Waals surface area (Å²) < 4.78 is 4.92. The summed E-state index contributed by atoms with van der Waals surface area (Å²) >= 11 is 5.41. The monoisotopic (exact) mass is 282 g/mol. The van der Waals surface area contributed by atoms with E-state index >= 15 is 0 Å². The summed E-state index contributed by atoms with van der Waals surface area (Å²) in [5.41, 5.74) is 1.39. The molecule has 0 atom stereocenters. The van der Waals surface area contributed by atoms with Gasteiger partial charge in [0.2, 0.25) is 0 Å². The molecule has 0 heterocycles. The lowest BCUT2D eigenvalue weighted by molar-refractivity contribution is -0.143. The number of carbonyl (C=O) groups is 2. The normalized spacial score (nSPS) is 11.2. The summed E-state index contributed by atoms with van der Waals surface area (Å²) in [6, 6.07) is 7.16. The Morgan fingerprint density at radius 2 is 1.79 bits per heavy atom. The molecule has 0 N–H and O–H groups in total. The highest BCUT2D eigenvalue weighted by molar-refractivity contribution is 6.67. The maximum absolute atomic E-state index is 11.4. The van der Waals surface area contributed by atoms with Crippen molar-refractivity contribution >= 4 is 22.8 Å². The van der Waals surface area contributed by atoms with Gasteiger partial charge in [-0.05, 0) is 48.1 Å². The fourth-order valence-electron chi connectivity index (χ4n) is 1.84. The average Bonchev–Trinajstić information content (AvgIpc) is 2.37. The van der Waals surface area contributed by atoms with Crippen LogP contribution in [0.2, 0.25) is 0 Å². The van der Waals surface area contributed by atoms with Crippen LogP contribution < -0.4 is 0 Å². The summed E-state index contributed by atoms with van der Waals surface area (Å²) in [6.45, 7) is 6.32. The molecule has 0 unspecified atom stereocenters. The third-order valence-corrected chi connectivity index (χ3v) is 3.37. The predicted molar refractivity (Wildman–Crippen MR) is 75.5 cm³/mol. The molecule has 0 saturated carbocycles. The molecule has 0 aliphatic rings. The van der Waals surface area contributed by atoms with Crippen LogP contribution in [-0.4, -0.2) is 17.8 Å². The van der Waals surface area contributed by atoms with Gasteiger partial charge in [0.1, 0.15) is 0 Å². The lowest BCUT2D eigenvalue weighted by Crippen LogP contribution is -2.19. The Morgan fingerprint density at radius 3 is 2.26 bits per heavy atom. The Morgan fingerprint density at radius 1 is 1.21 bits per heavy atom. The topological polar surface area (TPSA) is 43.4 Å². The van der Waals surface area contributed by atoms with Crippen molar-refractivity contribution in [1.82, 2.24) is 0 Å². The van der Waals surface area contributed by atoms with Crippen molar-refractivity contribution in [2.45, 2.75) is 39.0 Å². The first kappa shape index (κ1) is 15.7. The molecule has 0 aliphatic carbocycles. The minimum atomic E-state index is -0.462. The van der Waals surface area contributed by atoms with Gasteiger partial charge in [-0.15, -0.1) is 0 Å². The Balaban J connectivity index is 2.71. The van der Waals surface area contributed by atoms with Crippen LogP contribution in [0.4, 0.5) is 0 Å². The van der Waals surface area contributed by atoms with E-state index in [0.717, 1.165) is 5.56 Å². The van der Waals surface area contributed by atoms with Crippen molar-refractivity contribution in [3.8, 4) is 0 Å². The molecule has 0 fully saturated rings. The lowest BCUT2D eigenvalue weighted by atomic mass is 9.80. The number of esters is 1. The van der Waals surface area contributed by atoms with E-state index in [4.69, 9.17) is 16.3 Å². The molecule has 4 heteroatoms. The van der Waals surface area contributed by atoms with Gasteiger partial charge in [-0.25, -0.2) is 0 Å². The first-order valence-electron chi connectivity index (χ1n) is 6.33. The highest BCUT2D eigenvalue weighted by Gasteiger charge is 2.22. The molecule has 0 aromatic heterocycles. The van der Waals surface area contributed by atoms with Crippen molar-refractivity contribution in [3.63, 3.8) is 0 Å². The van der Waals surface area contributed by atoms with Crippen molar-refractivity contribution in [2.24, 2.45) is 0 Å². The zero-order valence-corrected chi connectivity index (χ0v) is 12.3. The van der Waals surface area contributed by atoms with Gasteiger partial charge in [0.15, 0.2) is 0 Å². The second-order valence-electron chi connectivity index (χ2n) is 5.04. The summed E-state index contributed by atoms with van der Waals surface area (Å²) in [7, 11) is 0. The highest BCUT2D eigenvalue weighted by Crippen LogP contribution is 2.29. The average molecular weight is 283 g/mol. The third-order valence-electron chi connectivity index (χ3n) is 3.15. The molecule has 0 aliphatic heterocycles. The number of benzene rings is 1. The molecule has 0 amide bonds. The fourth-order valence-corrected chi connectivity index (χ4v) is 1.97. The molecule has 1 rings (SSSR count). The molecule has 3 nitrogen and oxygen atoms in total. The Hall–Kier alpha value is -1.35. The lowest BCUT2D eigenvalue weighted by Gasteiger charge is -2.25. The van der Waals surface area contributed by atoms with Crippen molar-refractivity contribution in [1.29, 1.82) is 0 Å². The number of rotatable bonds is 6. The molecular weight excluding hydrogens is 264 g/mol. The van der Waals surface area contributed by atoms with Crippen molar-refractivity contribution in [2.75, 3.05) is 6.61 Å². The maximum Gasteiger partial charge on any atom is 0.305 e. The number of carbonyl (C=O) groups excluding carboxylic acids is 2. The van der Waals surface area contributed by atoms with Gasteiger partial charge in [0.25, 0.3) is 5.24 Å². The molecule has 1 aromatic rings. The summed E-state index contributed by atoms with van der Waals surface area (Å²) in [6.07, 6.45) is 1.08. The summed E-state index contributed by atoms with van der Waals surface area (Å²) in [5, 5.41) is -0.462. The first-order valence-corrected chi connectivity index (χ1v) is 6.70. The molecular formula is C15H19ClO3. The van der Waals surface area contributed by atoms with Crippen LogP contribution in [-0.2, 0) is 14.9 Å². The van der Waals surface area contributed by atoms with E-state index in [1.165, 1.54) is 0 Å². The van der Waals surface area contributed by atoms with E-state index in [1.54, 1.807) is 19.1 Å². The molecule has 0 spiro atoms. The van der Waals surface area contributed by atoms with Crippen LogP contribution in [0.3, 0.4) is 0 Å². The van der Waals surface area contributed by atoms with E-state index in [2.05, 4.69) is 13.8 Å². The maximum atomic E-state index is 11.4. The van der Waals surface area contributed by atoms with E-state index in [-0.39, 0.29) is 11.4 Å². The van der Waals surface area contributed by atoms with Gasteiger partial charge >= 0.3 is 5.97 Å². The van der Waals surface area contributed by atoms with Gasteiger partial charge in [0, 0.05) is 12.0 Å². The quantitative estimate of drug-likeness (QED) is 0.590. The van der Waals surface area contributed by atoms with Crippen LogP contribution in [0.1, 0.15) is 49.5 Å². The SMILES string of the molecule is CCOC(=O)CCC(C)(C)c1ccc(C(=O)Cl)cc1. The van der Waals surface area contributed by atoms with Gasteiger partial charge < -0.3 is 4.74 Å². The van der Waals surface area contributed by atoms with Crippen LogP contribution in [0.5, 0.6) is 0 Å². The summed E-state index contributed by atoms with van der Waals surface area (Å²) in [5.74, 6) is -0.178. The molecule has 0 bridgehead atoms. The van der Waals surface area contributed by atoms with Crippen LogP contribution in [0, 0.1) is 0 Å². The Kier molecular flexibility index (Phi) is 5.55. The minimum absolute atomic E-state index is 0.152. The van der Waals surface area contributed by atoms with E-state index < -0.39 is 5.24 Å². The third kappa shape index (κ3) is 4.67. The van der Waals surface area contributed by atoms with E-state index in [9.17, 15) is 9.59 Å². The van der Waals surface area contributed by atoms with Crippen LogP contribution >= 0.6 is 11.6 Å². The standard InChI is InChI=1S/C15H19ClO3/c1-4-19-13(17)9-10-15(2,3)12-7-5-11(6-8-12)14(16)18/h5-8H,4,9-10H2,1-3H3. The number of hydrogen-bond donors (Lipinski definition) is 0. The molecule has 104 valence electrons. The van der Waals surface area contributed by atoms with Gasteiger partial charge in [-0.1, -0.05) is 26.0 Å². The minimum Gasteiger partial charge on any atom is -0.466 e. The molecule has 19 heavy (non-hydrogen) atoms. The van der Waals surface area contributed by atoms with Crippen LogP contribution in [0.15, 0.2) is 24.3 Å². The molecule has 0 saturated heterocycles. The Labute approximate surface area is 118 Å². The van der Waals surface area contributed by atoms with Gasteiger partial charge in [0.05, 0.1) is 6.61 Å². The largest absolute Gasteiger partial charge is 0.466 e. The number of hydrogen-bond acceptors (Lipinski definition) is 3. The summed E-state index contributed by atoms with van der Waals surface area (Å²) in [4.78, 5) is 22.4. The second kappa shape index (κ2) is 6.71. The van der Waals surface area contributed by atoms with Crippen molar-refractivity contribution < 1.29 is 14.3 Å². The highest BCUT2D eigenvalue weighted by atomic mass is 35.5. The number of ether oxygens (including phenoxy) is 1. The second-order valence-corrected chi connectivity index (χ2v) is 5.38. The van der Waals surface area contributed by atoms with E-state index in [0.29, 0.717) is 25.0 Å². The zero-order valence-electron chi connectivity index (χ0n) is 11.5. The molecule has 0 radical (unpaired) electrons. The van der Waals surface area contributed by atoms with Gasteiger partial charge in [-0.3, -0.25) is 9.59 Å². The van der Waals surface area contributed by atoms with E-state index in [1.807, 2.05) is 12.1 Å². The first-order chi connectivity index (χ1) is 8.86. The predicted octanol–water partition coefficient (Wildman–Crippen LogP) is 3.69. The smallest absolute Gasteiger partial charge is 0.305 e. The Bertz CT molecular complexity index is 449. The zero-order chi connectivity index (χ0) is 14.5.